The number of alkyl halides is 3. The van der Waals surface area contributed by atoms with E-state index in [-0.39, 0.29) is 13.1 Å². The Kier molecular flexibility index (Phi) is 4.85. The Hall–Kier alpha value is -2.49. The molecular weight excluding hydrogens is 333 g/mol. The van der Waals surface area contributed by atoms with Crippen molar-refractivity contribution < 1.29 is 22.7 Å². The number of nitrogens with zero attached hydrogens (tertiary/aromatic N) is 2. The van der Waals surface area contributed by atoms with Gasteiger partial charge in [-0.25, -0.2) is 4.79 Å². The molecule has 0 saturated carbocycles. The van der Waals surface area contributed by atoms with Crippen molar-refractivity contribution >= 4 is 12.2 Å². The third-order valence-corrected chi connectivity index (χ3v) is 3.65. The highest BCUT2D eigenvalue weighted by Crippen LogP contribution is 2.34. The number of hydrogen-bond donors (Lipinski definition) is 0. The molecule has 1 saturated heterocycles. The van der Waals surface area contributed by atoms with Crippen LogP contribution in [0.5, 0.6) is 0 Å². The topological polar surface area (TPSA) is 53.3 Å². The van der Waals surface area contributed by atoms with Crippen LogP contribution >= 0.6 is 0 Å². The van der Waals surface area contributed by atoms with Crippen molar-refractivity contribution in [2.45, 2.75) is 32.5 Å². The molecule has 1 aliphatic rings. The van der Waals surface area contributed by atoms with Gasteiger partial charge in [0.1, 0.15) is 11.0 Å². The fraction of sp³-hybridized carbons (Fsp3) is 0.444. The summed E-state index contributed by atoms with van der Waals surface area (Å²) in [4.78, 5) is 13.3. The van der Waals surface area contributed by atoms with Gasteiger partial charge in [-0.3, -0.25) is 0 Å². The van der Waals surface area contributed by atoms with Gasteiger partial charge in [0.2, 0.25) is 0 Å². The van der Waals surface area contributed by atoms with Crippen LogP contribution in [0.15, 0.2) is 30.3 Å². The molecule has 0 spiro atoms. The predicted molar refractivity (Wildman–Crippen MR) is 86.3 cm³/mol. The Morgan fingerprint density at radius 2 is 1.80 bits per heavy atom. The molecule has 0 unspecified atom stereocenters. The van der Waals surface area contributed by atoms with Gasteiger partial charge in [0.25, 0.3) is 0 Å². The highest BCUT2D eigenvalue weighted by Gasteiger charge is 2.45. The number of rotatable bonds is 2. The lowest BCUT2D eigenvalue weighted by molar-refractivity contribution is -0.137. The van der Waals surface area contributed by atoms with E-state index in [1.165, 1.54) is 17.0 Å². The minimum absolute atomic E-state index is 0.190. The van der Waals surface area contributed by atoms with Crippen LogP contribution in [0.4, 0.5) is 18.0 Å². The summed E-state index contributed by atoms with van der Waals surface area (Å²) in [5.74, 6) is 0. The van der Waals surface area contributed by atoms with Crippen molar-refractivity contribution in [1.82, 2.24) is 4.90 Å². The summed E-state index contributed by atoms with van der Waals surface area (Å²) >= 11 is 0. The maximum atomic E-state index is 12.5. The molecule has 0 radical (unpaired) electrons. The highest BCUT2D eigenvalue weighted by atomic mass is 19.4. The second kappa shape index (κ2) is 6.43. The summed E-state index contributed by atoms with van der Waals surface area (Å²) in [6.45, 7) is 5.65. The molecule has 1 heterocycles. The van der Waals surface area contributed by atoms with Gasteiger partial charge in [-0.1, -0.05) is 24.3 Å². The number of ether oxygens (including phenoxy) is 1. The molecule has 25 heavy (non-hydrogen) atoms. The quantitative estimate of drug-likeness (QED) is 0.789. The van der Waals surface area contributed by atoms with Gasteiger partial charge in [0, 0.05) is 13.1 Å². The first-order valence-corrected chi connectivity index (χ1v) is 7.70. The molecule has 0 aromatic heterocycles. The van der Waals surface area contributed by atoms with Gasteiger partial charge in [0.15, 0.2) is 0 Å². The molecule has 0 N–H and O–H groups in total. The maximum Gasteiger partial charge on any atom is 0.416 e. The van der Waals surface area contributed by atoms with Crippen LogP contribution in [0, 0.1) is 16.7 Å². The number of nitriles is 1. The van der Waals surface area contributed by atoms with Crippen molar-refractivity contribution in [1.29, 1.82) is 5.26 Å². The molecule has 4 nitrogen and oxygen atoms in total. The highest BCUT2D eigenvalue weighted by molar-refractivity contribution is 5.70. The van der Waals surface area contributed by atoms with E-state index in [0.717, 1.165) is 12.1 Å². The Labute approximate surface area is 144 Å². The Bertz CT molecular complexity index is 704. The van der Waals surface area contributed by atoms with E-state index < -0.39 is 28.8 Å². The fourth-order valence-corrected chi connectivity index (χ4v) is 2.34. The van der Waals surface area contributed by atoms with Crippen LogP contribution < -0.4 is 0 Å². The van der Waals surface area contributed by atoms with Crippen LogP contribution in [-0.4, -0.2) is 29.7 Å². The number of amides is 1. The monoisotopic (exact) mass is 352 g/mol. The third-order valence-electron chi connectivity index (χ3n) is 3.65. The average Bonchev–Trinajstić information content (AvgIpc) is 2.44. The number of carbonyl (C=O) groups is 1. The fourth-order valence-electron chi connectivity index (χ4n) is 2.34. The van der Waals surface area contributed by atoms with Crippen LogP contribution in [0.1, 0.15) is 31.9 Å². The summed E-state index contributed by atoms with van der Waals surface area (Å²) in [5.41, 5.74) is -1.63. The third kappa shape index (κ3) is 4.75. The number of carbonyl (C=O) groups excluding carboxylic acids is 1. The van der Waals surface area contributed by atoms with Gasteiger partial charge in [-0.15, -0.1) is 0 Å². The van der Waals surface area contributed by atoms with Gasteiger partial charge in [-0.05, 0) is 38.5 Å². The Morgan fingerprint density at radius 1 is 1.24 bits per heavy atom. The molecule has 1 amide bonds. The van der Waals surface area contributed by atoms with Crippen LogP contribution in [-0.2, 0) is 10.9 Å². The molecule has 1 fully saturated rings. The zero-order valence-electron chi connectivity index (χ0n) is 14.2. The predicted octanol–water partition coefficient (Wildman–Crippen LogP) is 4.48. The lowest BCUT2D eigenvalue weighted by Crippen LogP contribution is -2.57. The van der Waals surface area contributed by atoms with Crippen LogP contribution in [0.25, 0.3) is 6.08 Å². The average molecular weight is 352 g/mol. The van der Waals surface area contributed by atoms with Gasteiger partial charge >= 0.3 is 12.3 Å². The second-order valence-electron chi connectivity index (χ2n) is 7.06. The van der Waals surface area contributed by atoms with E-state index in [0.29, 0.717) is 5.56 Å². The summed E-state index contributed by atoms with van der Waals surface area (Å²) in [7, 11) is 0. The molecule has 134 valence electrons. The molecule has 7 heteroatoms. The van der Waals surface area contributed by atoms with Crippen molar-refractivity contribution in [2.75, 3.05) is 13.1 Å². The SMILES string of the molecule is CC(C)(C)OC(=O)N1CC(C#N)(C=Cc2ccc(C(F)(F)F)cc2)C1. The van der Waals surface area contributed by atoms with E-state index in [2.05, 4.69) is 6.07 Å². The Balaban J connectivity index is 2.01. The first kappa shape index (κ1) is 18.8. The molecule has 1 aromatic carbocycles. The summed E-state index contributed by atoms with van der Waals surface area (Å²) in [5, 5.41) is 9.37. The molecule has 2 rings (SSSR count). The molecular formula is C18H19F3N2O2. The minimum atomic E-state index is -4.38. The number of halogens is 3. The van der Waals surface area contributed by atoms with Crippen molar-refractivity contribution in [3.63, 3.8) is 0 Å². The first-order valence-electron chi connectivity index (χ1n) is 7.70. The molecule has 1 aromatic rings. The first-order chi connectivity index (χ1) is 11.4. The largest absolute Gasteiger partial charge is 0.444 e. The molecule has 0 bridgehead atoms. The summed E-state index contributed by atoms with van der Waals surface area (Å²) in [6, 6.07) is 6.82. The van der Waals surface area contributed by atoms with Crippen molar-refractivity contribution in [2.24, 2.45) is 5.41 Å². The molecule has 1 aliphatic heterocycles. The minimum Gasteiger partial charge on any atom is -0.444 e. The van der Waals surface area contributed by atoms with Crippen molar-refractivity contribution in [3.05, 3.63) is 41.5 Å². The number of likely N-dealkylation sites (tertiary alicyclic amines) is 1. The zero-order valence-corrected chi connectivity index (χ0v) is 14.2. The Morgan fingerprint density at radius 3 is 2.24 bits per heavy atom. The number of hydrogen-bond acceptors (Lipinski definition) is 3. The number of benzene rings is 1. The standard InChI is InChI=1S/C18H19F3N2O2/c1-16(2,3)25-15(24)23-11-17(10-22,12-23)9-8-13-4-6-14(7-5-13)18(19,20)21/h4-9H,11-12H2,1-3H3. The normalized spacial score (nSPS) is 17.1. The smallest absolute Gasteiger partial charge is 0.416 e. The summed E-state index contributed by atoms with van der Waals surface area (Å²) < 4.78 is 42.9. The molecule has 0 atom stereocenters. The van der Waals surface area contributed by atoms with E-state index in [1.807, 2.05) is 0 Å². The van der Waals surface area contributed by atoms with E-state index in [9.17, 15) is 23.2 Å². The van der Waals surface area contributed by atoms with Gasteiger partial charge in [0.05, 0.1) is 11.6 Å². The van der Waals surface area contributed by atoms with Crippen molar-refractivity contribution in [3.8, 4) is 6.07 Å². The lowest BCUT2D eigenvalue weighted by Gasteiger charge is -2.43. The lowest BCUT2D eigenvalue weighted by atomic mass is 9.81. The van der Waals surface area contributed by atoms with E-state index in [1.54, 1.807) is 32.9 Å². The summed E-state index contributed by atoms with van der Waals surface area (Å²) in [6.07, 6.45) is -1.65. The second-order valence-corrected chi connectivity index (χ2v) is 7.06. The zero-order chi connectivity index (χ0) is 18.9. The van der Waals surface area contributed by atoms with E-state index >= 15 is 0 Å². The van der Waals surface area contributed by atoms with Gasteiger partial charge in [-0.2, -0.15) is 18.4 Å². The van der Waals surface area contributed by atoms with Crippen LogP contribution in [0.3, 0.4) is 0 Å². The van der Waals surface area contributed by atoms with Crippen LogP contribution in [0.2, 0.25) is 0 Å². The molecule has 0 aliphatic carbocycles. The van der Waals surface area contributed by atoms with Gasteiger partial charge < -0.3 is 9.64 Å². The van der Waals surface area contributed by atoms with E-state index in [4.69, 9.17) is 4.74 Å². The maximum absolute atomic E-state index is 12.5.